The number of nitrogens with one attached hydrogen (secondary N) is 1. The summed E-state index contributed by atoms with van der Waals surface area (Å²) < 4.78 is 6.96. The maximum atomic E-state index is 12.4. The number of anilines is 1. The van der Waals surface area contributed by atoms with Gasteiger partial charge in [-0.25, -0.2) is 0 Å². The topological polar surface area (TPSA) is 98.2 Å². The van der Waals surface area contributed by atoms with Crippen LogP contribution in [0.5, 0.6) is 0 Å². The molecule has 0 atom stereocenters. The highest BCUT2D eigenvalue weighted by Gasteiger charge is 2.14. The van der Waals surface area contributed by atoms with E-state index in [9.17, 15) is 4.79 Å². The Morgan fingerprint density at radius 2 is 2.11 bits per heavy atom. The number of hydrogen-bond donors (Lipinski definition) is 1. The molecule has 3 aromatic heterocycles. The van der Waals surface area contributed by atoms with Crippen LogP contribution >= 0.6 is 0 Å². The van der Waals surface area contributed by atoms with Crippen LogP contribution in [0.1, 0.15) is 24.1 Å². The molecule has 8 nitrogen and oxygen atoms in total. The number of amides is 1. The first-order valence-electron chi connectivity index (χ1n) is 8.65. The highest BCUT2D eigenvalue weighted by molar-refractivity contribution is 5.92. The molecule has 4 aromatic rings. The van der Waals surface area contributed by atoms with Crippen LogP contribution in [0.15, 0.2) is 47.1 Å². The van der Waals surface area contributed by atoms with Gasteiger partial charge in [0.1, 0.15) is 5.82 Å². The van der Waals surface area contributed by atoms with Crippen molar-refractivity contribution in [2.75, 3.05) is 5.32 Å². The van der Waals surface area contributed by atoms with Crippen molar-refractivity contribution in [3.8, 4) is 11.5 Å². The Hall–Kier alpha value is -3.55. The Bertz CT molecular complexity index is 1110. The largest absolute Gasteiger partial charge is 0.334 e. The standard InChI is InChI=1S/C19H18N6O2/c1-3-13-5-4-6-15(9-13)21-18(26)10-17-23-22-16-8-7-14(11-25(16)17)19-20-12(2)24-27-19/h4-9,11H,3,10H2,1-2H3,(H,21,26). The number of aromatic nitrogens is 5. The first-order chi connectivity index (χ1) is 13.1. The highest BCUT2D eigenvalue weighted by atomic mass is 16.5. The SMILES string of the molecule is CCc1cccc(NC(=O)Cc2nnc3ccc(-c4nc(C)no4)cn23)c1. The first kappa shape index (κ1) is 16.9. The monoisotopic (exact) mass is 362 g/mol. The summed E-state index contributed by atoms with van der Waals surface area (Å²) in [6.07, 6.45) is 2.81. The molecule has 0 aliphatic heterocycles. The molecule has 1 amide bonds. The van der Waals surface area contributed by atoms with Crippen molar-refractivity contribution >= 4 is 17.2 Å². The molecular formula is C19H18N6O2. The first-order valence-corrected chi connectivity index (χ1v) is 8.65. The van der Waals surface area contributed by atoms with Gasteiger partial charge in [-0.15, -0.1) is 10.2 Å². The minimum absolute atomic E-state index is 0.101. The van der Waals surface area contributed by atoms with Crippen LogP contribution in [-0.2, 0) is 17.6 Å². The van der Waals surface area contributed by atoms with Crippen molar-refractivity contribution in [1.29, 1.82) is 0 Å². The maximum absolute atomic E-state index is 12.4. The van der Waals surface area contributed by atoms with E-state index in [-0.39, 0.29) is 12.3 Å². The Labute approximate surface area is 155 Å². The second-order valence-electron chi connectivity index (χ2n) is 6.19. The van der Waals surface area contributed by atoms with Gasteiger partial charge in [0.15, 0.2) is 11.5 Å². The van der Waals surface area contributed by atoms with Crippen molar-refractivity contribution in [3.05, 3.63) is 59.8 Å². The van der Waals surface area contributed by atoms with Gasteiger partial charge in [0, 0.05) is 11.9 Å². The van der Waals surface area contributed by atoms with Crippen LogP contribution in [0.25, 0.3) is 17.1 Å². The van der Waals surface area contributed by atoms with Crippen LogP contribution in [0.4, 0.5) is 5.69 Å². The lowest BCUT2D eigenvalue weighted by atomic mass is 10.1. The summed E-state index contributed by atoms with van der Waals surface area (Å²) >= 11 is 0. The van der Waals surface area contributed by atoms with E-state index in [0.29, 0.717) is 23.2 Å². The third kappa shape index (κ3) is 3.55. The summed E-state index contributed by atoms with van der Waals surface area (Å²) in [5, 5.41) is 15.0. The number of pyridine rings is 1. The van der Waals surface area contributed by atoms with E-state index >= 15 is 0 Å². The number of hydrogen-bond acceptors (Lipinski definition) is 6. The molecule has 4 rings (SSSR count). The molecule has 0 aliphatic rings. The Balaban J connectivity index is 1.57. The lowest BCUT2D eigenvalue weighted by Crippen LogP contribution is -2.16. The van der Waals surface area contributed by atoms with E-state index in [1.54, 1.807) is 23.6 Å². The quantitative estimate of drug-likeness (QED) is 0.586. The number of carbonyl (C=O) groups excluding carboxylic acids is 1. The van der Waals surface area contributed by atoms with Crippen molar-refractivity contribution < 1.29 is 9.32 Å². The lowest BCUT2D eigenvalue weighted by Gasteiger charge is -2.06. The fourth-order valence-electron chi connectivity index (χ4n) is 2.82. The van der Waals surface area contributed by atoms with Gasteiger partial charge in [0.05, 0.1) is 12.0 Å². The summed E-state index contributed by atoms with van der Waals surface area (Å²) in [7, 11) is 0. The second-order valence-corrected chi connectivity index (χ2v) is 6.19. The predicted octanol–water partition coefficient (Wildman–Crippen LogP) is 2.83. The molecular weight excluding hydrogens is 344 g/mol. The molecule has 8 heteroatoms. The molecule has 0 saturated carbocycles. The van der Waals surface area contributed by atoms with Crippen LogP contribution in [0.3, 0.4) is 0 Å². The van der Waals surface area contributed by atoms with Crippen LogP contribution < -0.4 is 5.32 Å². The van der Waals surface area contributed by atoms with E-state index in [1.165, 1.54) is 5.56 Å². The summed E-state index contributed by atoms with van der Waals surface area (Å²) in [5.41, 5.74) is 3.32. The molecule has 136 valence electrons. The van der Waals surface area contributed by atoms with Crippen LogP contribution in [0.2, 0.25) is 0 Å². The van der Waals surface area contributed by atoms with Gasteiger partial charge >= 0.3 is 0 Å². The van der Waals surface area contributed by atoms with Gasteiger partial charge < -0.3 is 9.84 Å². The molecule has 0 spiro atoms. The van der Waals surface area contributed by atoms with Crippen LogP contribution in [-0.4, -0.2) is 30.6 Å². The minimum atomic E-state index is -0.156. The predicted molar refractivity (Wildman–Crippen MR) is 99.2 cm³/mol. The van der Waals surface area contributed by atoms with Crippen molar-refractivity contribution in [2.45, 2.75) is 26.7 Å². The van der Waals surface area contributed by atoms with E-state index < -0.39 is 0 Å². The van der Waals surface area contributed by atoms with Gasteiger partial charge in [-0.2, -0.15) is 4.98 Å². The fourth-order valence-corrected chi connectivity index (χ4v) is 2.82. The summed E-state index contributed by atoms with van der Waals surface area (Å²) in [4.78, 5) is 16.7. The molecule has 0 fully saturated rings. The zero-order chi connectivity index (χ0) is 18.8. The average Bonchev–Trinajstić information content (AvgIpc) is 3.28. The summed E-state index contributed by atoms with van der Waals surface area (Å²) in [5.74, 6) is 1.35. The lowest BCUT2D eigenvalue weighted by molar-refractivity contribution is -0.115. The number of carbonyl (C=O) groups is 1. The maximum Gasteiger partial charge on any atom is 0.259 e. The Morgan fingerprint density at radius 1 is 1.22 bits per heavy atom. The number of rotatable bonds is 5. The second kappa shape index (κ2) is 6.99. The number of benzene rings is 1. The van der Waals surface area contributed by atoms with Crippen molar-refractivity contribution in [2.24, 2.45) is 0 Å². The normalized spacial score (nSPS) is 11.0. The van der Waals surface area contributed by atoms with E-state index in [2.05, 4.69) is 32.6 Å². The third-order valence-corrected chi connectivity index (χ3v) is 4.19. The van der Waals surface area contributed by atoms with E-state index in [4.69, 9.17) is 4.52 Å². The Kier molecular flexibility index (Phi) is 4.37. The van der Waals surface area contributed by atoms with Gasteiger partial charge in [-0.3, -0.25) is 9.20 Å². The number of nitrogens with zero attached hydrogens (tertiary/aromatic N) is 5. The van der Waals surface area contributed by atoms with Gasteiger partial charge in [0.2, 0.25) is 5.91 Å². The molecule has 1 aromatic carbocycles. The van der Waals surface area contributed by atoms with Crippen molar-refractivity contribution in [3.63, 3.8) is 0 Å². The molecule has 0 aliphatic carbocycles. The molecule has 3 heterocycles. The van der Waals surface area contributed by atoms with Crippen LogP contribution in [0, 0.1) is 6.92 Å². The van der Waals surface area contributed by atoms with E-state index in [0.717, 1.165) is 17.7 Å². The van der Waals surface area contributed by atoms with Gasteiger partial charge in [-0.1, -0.05) is 24.2 Å². The number of aryl methyl sites for hydroxylation is 2. The summed E-state index contributed by atoms with van der Waals surface area (Å²) in [6, 6.07) is 11.4. The molecule has 0 bridgehead atoms. The zero-order valence-electron chi connectivity index (χ0n) is 15.0. The third-order valence-electron chi connectivity index (χ3n) is 4.19. The Morgan fingerprint density at radius 3 is 2.89 bits per heavy atom. The average molecular weight is 362 g/mol. The molecule has 27 heavy (non-hydrogen) atoms. The van der Waals surface area contributed by atoms with Crippen molar-refractivity contribution in [1.82, 2.24) is 24.7 Å². The minimum Gasteiger partial charge on any atom is -0.334 e. The zero-order valence-corrected chi connectivity index (χ0v) is 15.0. The van der Waals surface area contributed by atoms with Gasteiger partial charge in [-0.05, 0) is 43.2 Å². The summed E-state index contributed by atoms with van der Waals surface area (Å²) in [6.45, 7) is 3.83. The molecule has 0 unspecified atom stereocenters. The number of fused-ring (bicyclic) bond motifs is 1. The highest BCUT2D eigenvalue weighted by Crippen LogP contribution is 2.19. The fraction of sp³-hybridized carbons (Fsp3) is 0.211. The smallest absolute Gasteiger partial charge is 0.259 e. The van der Waals surface area contributed by atoms with Gasteiger partial charge in [0.25, 0.3) is 5.89 Å². The van der Waals surface area contributed by atoms with E-state index in [1.807, 2.05) is 30.3 Å². The molecule has 1 N–H and O–H groups in total. The molecule has 0 radical (unpaired) electrons. The molecule has 0 saturated heterocycles.